The molecule has 0 saturated carbocycles. The summed E-state index contributed by atoms with van der Waals surface area (Å²) < 4.78 is 32.2. The van der Waals surface area contributed by atoms with Crippen LogP contribution < -0.4 is 5.73 Å². The quantitative estimate of drug-likeness (QED) is 0.864. The Morgan fingerprint density at radius 2 is 1.81 bits per heavy atom. The molecule has 0 aromatic heterocycles. The molecular formula is C12H17F2NO. The summed E-state index contributed by atoms with van der Waals surface area (Å²) in [6.45, 7) is 4.97. The zero-order chi connectivity index (χ0) is 12.5. The van der Waals surface area contributed by atoms with Crippen LogP contribution in [-0.4, -0.2) is 12.7 Å². The average molecular weight is 229 g/mol. The van der Waals surface area contributed by atoms with Crippen molar-refractivity contribution in [2.45, 2.75) is 32.4 Å². The van der Waals surface area contributed by atoms with Gasteiger partial charge in [0.1, 0.15) is 0 Å². The lowest BCUT2D eigenvalue weighted by atomic mass is 9.91. The minimum atomic E-state index is -0.891. The zero-order valence-corrected chi connectivity index (χ0v) is 9.97. The third-order valence-corrected chi connectivity index (χ3v) is 2.92. The SMILES string of the molecule is COC(C)(C)C(N)c1ccc(C)c(F)c1F. The molecule has 1 rings (SSSR count). The normalized spacial score (nSPS) is 13.9. The van der Waals surface area contributed by atoms with Crippen molar-refractivity contribution in [3.8, 4) is 0 Å². The van der Waals surface area contributed by atoms with Gasteiger partial charge in [-0.25, -0.2) is 8.78 Å². The van der Waals surface area contributed by atoms with Crippen LogP contribution in [0, 0.1) is 18.6 Å². The molecule has 0 heterocycles. The molecule has 0 spiro atoms. The first kappa shape index (κ1) is 13.1. The lowest BCUT2D eigenvalue weighted by Gasteiger charge is -2.30. The van der Waals surface area contributed by atoms with Crippen LogP contribution >= 0.6 is 0 Å². The van der Waals surface area contributed by atoms with Gasteiger partial charge in [0.2, 0.25) is 0 Å². The third kappa shape index (κ3) is 2.23. The second-order valence-electron chi connectivity index (χ2n) is 4.38. The molecule has 0 aliphatic rings. The Bertz CT molecular complexity index is 391. The van der Waals surface area contributed by atoms with E-state index in [0.29, 0.717) is 0 Å². The van der Waals surface area contributed by atoms with E-state index in [0.717, 1.165) is 0 Å². The fourth-order valence-electron chi connectivity index (χ4n) is 1.40. The zero-order valence-electron chi connectivity index (χ0n) is 9.97. The number of benzene rings is 1. The van der Waals surface area contributed by atoms with Crippen LogP contribution in [0.25, 0.3) is 0 Å². The Kier molecular flexibility index (Phi) is 3.65. The predicted molar refractivity (Wildman–Crippen MR) is 59.1 cm³/mol. The Morgan fingerprint density at radius 1 is 1.25 bits per heavy atom. The number of ether oxygens (including phenoxy) is 1. The highest BCUT2D eigenvalue weighted by atomic mass is 19.2. The second-order valence-corrected chi connectivity index (χ2v) is 4.38. The lowest BCUT2D eigenvalue weighted by Crippen LogP contribution is -2.37. The summed E-state index contributed by atoms with van der Waals surface area (Å²) in [6.07, 6.45) is 0. The van der Waals surface area contributed by atoms with E-state index in [1.807, 2.05) is 0 Å². The molecule has 1 unspecified atom stereocenters. The molecule has 1 atom stereocenters. The summed E-state index contributed by atoms with van der Waals surface area (Å²) in [7, 11) is 1.49. The summed E-state index contributed by atoms with van der Waals surface area (Å²) in [6, 6.07) is 2.30. The summed E-state index contributed by atoms with van der Waals surface area (Å²) in [4.78, 5) is 0. The number of aryl methyl sites for hydroxylation is 1. The van der Waals surface area contributed by atoms with Gasteiger partial charge < -0.3 is 10.5 Å². The molecule has 0 fully saturated rings. The topological polar surface area (TPSA) is 35.2 Å². The van der Waals surface area contributed by atoms with Gasteiger partial charge in [0.25, 0.3) is 0 Å². The molecule has 16 heavy (non-hydrogen) atoms. The highest BCUT2D eigenvalue weighted by Gasteiger charge is 2.30. The molecule has 1 aromatic rings. The summed E-state index contributed by atoms with van der Waals surface area (Å²) in [5.74, 6) is -1.74. The first-order valence-corrected chi connectivity index (χ1v) is 5.06. The van der Waals surface area contributed by atoms with E-state index in [1.54, 1.807) is 13.8 Å². The molecule has 1 aromatic carbocycles. The number of methoxy groups -OCH3 is 1. The van der Waals surface area contributed by atoms with Crippen molar-refractivity contribution < 1.29 is 13.5 Å². The average Bonchev–Trinajstić information content (AvgIpc) is 2.25. The van der Waals surface area contributed by atoms with E-state index < -0.39 is 23.3 Å². The highest BCUT2D eigenvalue weighted by molar-refractivity contribution is 5.29. The van der Waals surface area contributed by atoms with Gasteiger partial charge in [-0.1, -0.05) is 12.1 Å². The molecule has 2 nitrogen and oxygen atoms in total. The van der Waals surface area contributed by atoms with Gasteiger partial charge in [-0.05, 0) is 26.3 Å². The van der Waals surface area contributed by atoms with E-state index in [9.17, 15) is 8.78 Å². The van der Waals surface area contributed by atoms with Crippen molar-refractivity contribution in [2.24, 2.45) is 5.73 Å². The fourth-order valence-corrected chi connectivity index (χ4v) is 1.40. The standard InChI is InChI=1S/C12H17F2NO/c1-7-5-6-8(10(14)9(7)13)11(15)12(2,3)16-4/h5-6,11H,15H2,1-4H3. The van der Waals surface area contributed by atoms with E-state index in [2.05, 4.69) is 0 Å². The Balaban J connectivity index is 3.20. The van der Waals surface area contributed by atoms with Crippen molar-refractivity contribution in [3.63, 3.8) is 0 Å². The first-order valence-electron chi connectivity index (χ1n) is 5.06. The highest BCUT2D eigenvalue weighted by Crippen LogP contribution is 2.29. The molecule has 0 aliphatic carbocycles. The van der Waals surface area contributed by atoms with Crippen molar-refractivity contribution in [1.82, 2.24) is 0 Å². The molecule has 0 radical (unpaired) electrons. The Morgan fingerprint density at radius 3 is 2.31 bits per heavy atom. The van der Waals surface area contributed by atoms with Crippen LogP contribution in [0.2, 0.25) is 0 Å². The maximum absolute atomic E-state index is 13.7. The van der Waals surface area contributed by atoms with Crippen LogP contribution in [0.15, 0.2) is 12.1 Å². The summed E-state index contributed by atoms with van der Waals surface area (Å²) >= 11 is 0. The summed E-state index contributed by atoms with van der Waals surface area (Å²) in [5.41, 5.74) is 5.53. The monoisotopic (exact) mass is 229 g/mol. The molecule has 4 heteroatoms. The second kappa shape index (κ2) is 4.47. The number of rotatable bonds is 3. The molecule has 0 bridgehead atoms. The van der Waals surface area contributed by atoms with Crippen molar-refractivity contribution in [1.29, 1.82) is 0 Å². The minimum absolute atomic E-state index is 0.134. The maximum atomic E-state index is 13.7. The molecule has 2 N–H and O–H groups in total. The van der Waals surface area contributed by atoms with Crippen LogP contribution in [0.4, 0.5) is 8.78 Å². The van der Waals surface area contributed by atoms with Gasteiger partial charge in [-0.3, -0.25) is 0 Å². The van der Waals surface area contributed by atoms with Gasteiger partial charge in [0, 0.05) is 12.7 Å². The van der Waals surface area contributed by atoms with Crippen LogP contribution in [0.1, 0.15) is 31.0 Å². The Labute approximate surface area is 94.4 Å². The van der Waals surface area contributed by atoms with Crippen molar-refractivity contribution >= 4 is 0 Å². The van der Waals surface area contributed by atoms with Gasteiger partial charge in [0.05, 0.1) is 11.6 Å². The largest absolute Gasteiger partial charge is 0.377 e. The van der Waals surface area contributed by atoms with Crippen LogP contribution in [0.3, 0.4) is 0 Å². The van der Waals surface area contributed by atoms with Gasteiger partial charge in [-0.2, -0.15) is 0 Å². The van der Waals surface area contributed by atoms with E-state index in [1.165, 1.54) is 26.2 Å². The van der Waals surface area contributed by atoms with Crippen LogP contribution in [0.5, 0.6) is 0 Å². The van der Waals surface area contributed by atoms with Gasteiger partial charge >= 0.3 is 0 Å². The number of nitrogens with two attached hydrogens (primary N) is 1. The summed E-state index contributed by atoms with van der Waals surface area (Å²) in [5, 5.41) is 0. The predicted octanol–water partition coefficient (Wildman–Crippen LogP) is 2.70. The van der Waals surface area contributed by atoms with Gasteiger partial charge in [0.15, 0.2) is 11.6 Å². The first-order chi connectivity index (χ1) is 7.31. The van der Waals surface area contributed by atoms with Crippen molar-refractivity contribution in [2.75, 3.05) is 7.11 Å². The molecule has 0 aliphatic heterocycles. The number of halogens is 2. The Hall–Kier alpha value is -1.00. The molecular weight excluding hydrogens is 212 g/mol. The van der Waals surface area contributed by atoms with Gasteiger partial charge in [-0.15, -0.1) is 0 Å². The number of hydrogen-bond donors (Lipinski definition) is 1. The van der Waals surface area contributed by atoms with E-state index in [-0.39, 0.29) is 11.1 Å². The molecule has 0 saturated heterocycles. The van der Waals surface area contributed by atoms with E-state index >= 15 is 0 Å². The smallest absolute Gasteiger partial charge is 0.163 e. The maximum Gasteiger partial charge on any atom is 0.163 e. The van der Waals surface area contributed by atoms with Crippen molar-refractivity contribution in [3.05, 3.63) is 34.9 Å². The minimum Gasteiger partial charge on any atom is -0.377 e. The number of hydrogen-bond acceptors (Lipinski definition) is 2. The molecule has 0 amide bonds. The lowest BCUT2D eigenvalue weighted by molar-refractivity contribution is -0.00104. The fraction of sp³-hybridized carbons (Fsp3) is 0.500. The third-order valence-electron chi connectivity index (χ3n) is 2.92. The molecule has 90 valence electrons. The van der Waals surface area contributed by atoms with E-state index in [4.69, 9.17) is 10.5 Å². The van der Waals surface area contributed by atoms with Crippen LogP contribution in [-0.2, 0) is 4.74 Å².